The van der Waals surface area contributed by atoms with Crippen molar-refractivity contribution in [1.29, 1.82) is 5.26 Å². The Labute approximate surface area is 156 Å². The van der Waals surface area contributed by atoms with Gasteiger partial charge in [0.05, 0.1) is 5.69 Å². The maximum absolute atomic E-state index is 12.7. The smallest absolute Gasteiger partial charge is 0.320 e. The maximum atomic E-state index is 12.7. The van der Waals surface area contributed by atoms with Gasteiger partial charge in [-0.05, 0) is 0 Å². The number of hydrogen-bond acceptors (Lipinski definition) is 7. The molecule has 0 bridgehead atoms. The number of nitrogens with zero attached hydrogens (tertiary/aromatic N) is 4. The van der Waals surface area contributed by atoms with E-state index in [0.717, 1.165) is 9.25 Å². The van der Waals surface area contributed by atoms with E-state index in [4.69, 9.17) is 4.74 Å². The van der Waals surface area contributed by atoms with Crippen molar-refractivity contribution in [2.75, 3.05) is 0 Å². The zero-order valence-electron chi connectivity index (χ0n) is 14.4. The SMILES string of the molecule is Cn1c(-n2[nH]c3c(c2=O)C(=O)CC(=O)O3)nc(-c2ccccc2)c(C#N)c1=O. The first kappa shape index (κ1) is 17.2. The van der Waals surface area contributed by atoms with Crippen LogP contribution in [0, 0.1) is 11.3 Å². The third-order valence-electron chi connectivity index (χ3n) is 4.28. The molecule has 2 aromatic heterocycles. The van der Waals surface area contributed by atoms with Gasteiger partial charge < -0.3 is 4.74 Å². The number of ether oxygens (including phenoxy) is 1. The van der Waals surface area contributed by atoms with Crippen LogP contribution >= 0.6 is 0 Å². The maximum Gasteiger partial charge on any atom is 0.320 e. The molecule has 1 N–H and O–H groups in total. The molecule has 28 heavy (non-hydrogen) atoms. The van der Waals surface area contributed by atoms with Gasteiger partial charge in [0, 0.05) is 12.6 Å². The Kier molecular flexibility index (Phi) is 3.78. The molecule has 4 rings (SSSR count). The largest absolute Gasteiger partial charge is 0.407 e. The first-order valence-corrected chi connectivity index (χ1v) is 8.08. The fraction of sp³-hybridized carbons (Fsp3) is 0.111. The lowest BCUT2D eigenvalue weighted by atomic mass is 10.1. The molecule has 0 unspecified atom stereocenters. The van der Waals surface area contributed by atoms with Crippen LogP contribution in [-0.2, 0) is 11.8 Å². The minimum Gasteiger partial charge on any atom is -0.407 e. The van der Waals surface area contributed by atoms with E-state index in [1.54, 1.807) is 30.3 Å². The van der Waals surface area contributed by atoms with Crippen LogP contribution in [0.5, 0.6) is 5.88 Å². The first-order chi connectivity index (χ1) is 13.4. The fourth-order valence-electron chi connectivity index (χ4n) is 2.94. The molecule has 0 amide bonds. The summed E-state index contributed by atoms with van der Waals surface area (Å²) in [7, 11) is 1.33. The number of benzene rings is 1. The number of aromatic nitrogens is 4. The predicted octanol–water partition coefficient (Wildman–Crippen LogP) is 0.290. The summed E-state index contributed by atoms with van der Waals surface area (Å²) in [6.45, 7) is 0. The summed E-state index contributed by atoms with van der Waals surface area (Å²) in [5.41, 5.74) is -1.40. The van der Waals surface area contributed by atoms with E-state index in [0.29, 0.717) is 5.56 Å². The third-order valence-corrected chi connectivity index (χ3v) is 4.28. The number of nitriles is 1. The Morgan fingerprint density at radius 2 is 1.86 bits per heavy atom. The van der Waals surface area contributed by atoms with E-state index in [1.807, 2.05) is 6.07 Å². The number of fused-ring (bicyclic) bond motifs is 1. The summed E-state index contributed by atoms with van der Waals surface area (Å²) in [5.74, 6) is -1.94. The highest BCUT2D eigenvalue weighted by atomic mass is 16.5. The minimum absolute atomic E-state index is 0.0870. The van der Waals surface area contributed by atoms with E-state index in [9.17, 15) is 24.4 Å². The Morgan fingerprint density at radius 1 is 1.14 bits per heavy atom. The molecule has 3 aromatic rings. The lowest BCUT2D eigenvalue weighted by Gasteiger charge is -2.11. The molecule has 1 aromatic carbocycles. The van der Waals surface area contributed by atoms with Crippen LogP contribution in [0.15, 0.2) is 39.9 Å². The van der Waals surface area contributed by atoms with Crippen molar-refractivity contribution in [3.63, 3.8) is 0 Å². The number of carbonyl (C=O) groups is 2. The van der Waals surface area contributed by atoms with Crippen LogP contribution in [0.1, 0.15) is 22.3 Å². The number of aromatic amines is 1. The molecule has 0 saturated carbocycles. The average Bonchev–Trinajstić information content (AvgIpc) is 3.00. The molecule has 138 valence electrons. The zero-order chi connectivity index (χ0) is 20.0. The van der Waals surface area contributed by atoms with Crippen molar-refractivity contribution in [3.8, 4) is 29.2 Å². The van der Waals surface area contributed by atoms with Crippen molar-refractivity contribution >= 4 is 11.8 Å². The zero-order valence-corrected chi connectivity index (χ0v) is 14.4. The van der Waals surface area contributed by atoms with Gasteiger partial charge >= 0.3 is 5.97 Å². The Bertz CT molecular complexity index is 1310. The van der Waals surface area contributed by atoms with Crippen molar-refractivity contribution in [2.45, 2.75) is 6.42 Å². The first-order valence-electron chi connectivity index (χ1n) is 8.08. The number of H-pyrrole nitrogens is 1. The molecule has 0 radical (unpaired) electrons. The van der Waals surface area contributed by atoms with Gasteiger partial charge in [0.2, 0.25) is 11.8 Å². The van der Waals surface area contributed by atoms with Gasteiger partial charge in [-0.15, -0.1) is 0 Å². The van der Waals surface area contributed by atoms with Gasteiger partial charge in [-0.25, -0.2) is 4.98 Å². The summed E-state index contributed by atoms with van der Waals surface area (Å²) in [5, 5.41) is 11.9. The van der Waals surface area contributed by atoms with Crippen molar-refractivity contribution in [3.05, 3.63) is 62.2 Å². The average molecular weight is 377 g/mol. The minimum atomic E-state index is -0.807. The molecule has 1 aliphatic heterocycles. The van der Waals surface area contributed by atoms with Crippen LogP contribution in [-0.4, -0.2) is 31.1 Å². The number of ketones is 1. The van der Waals surface area contributed by atoms with Crippen LogP contribution in [0.25, 0.3) is 17.2 Å². The number of esters is 1. The monoisotopic (exact) mass is 377 g/mol. The van der Waals surface area contributed by atoms with Gasteiger partial charge in [-0.2, -0.15) is 9.94 Å². The van der Waals surface area contributed by atoms with Gasteiger partial charge in [0.15, 0.2) is 5.78 Å². The van der Waals surface area contributed by atoms with Crippen molar-refractivity contribution < 1.29 is 14.3 Å². The number of rotatable bonds is 2. The molecular formula is C18H11N5O5. The lowest BCUT2D eigenvalue weighted by Crippen LogP contribution is -2.31. The molecule has 10 heteroatoms. The Hall–Kier alpha value is -4.26. The highest BCUT2D eigenvalue weighted by Gasteiger charge is 2.32. The lowest BCUT2D eigenvalue weighted by molar-refractivity contribution is -0.134. The molecule has 1 aliphatic rings. The van der Waals surface area contributed by atoms with Crippen molar-refractivity contribution in [2.24, 2.45) is 7.05 Å². The summed E-state index contributed by atoms with van der Waals surface area (Å²) in [4.78, 5) is 53.2. The van der Waals surface area contributed by atoms with E-state index in [-0.39, 0.29) is 28.6 Å². The topological polar surface area (TPSA) is 140 Å². The molecule has 0 aliphatic carbocycles. The molecule has 0 saturated heterocycles. The van der Waals surface area contributed by atoms with Crippen LogP contribution in [0.4, 0.5) is 0 Å². The quantitative estimate of drug-likeness (QED) is 0.500. The molecule has 0 fully saturated rings. The third kappa shape index (κ3) is 2.45. The van der Waals surface area contributed by atoms with Crippen molar-refractivity contribution in [1.82, 2.24) is 19.3 Å². The molecule has 3 heterocycles. The fourth-order valence-corrected chi connectivity index (χ4v) is 2.94. The second-order valence-corrected chi connectivity index (χ2v) is 6.01. The molecule has 0 spiro atoms. The van der Waals surface area contributed by atoms with Gasteiger partial charge in [0.25, 0.3) is 11.1 Å². The standard InChI is InChI=1S/C18H11N5O5/c1-22-16(26)10(8-19)14(9-5-3-2-4-6-9)20-18(22)23-17(27)13-11(24)7-12(25)28-15(13)21-23/h2-6,21H,7H2,1H3. The molecular weight excluding hydrogens is 366 g/mol. The van der Waals surface area contributed by atoms with Crippen LogP contribution in [0.2, 0.25) is 0 Å². The van der Waals surface area contributed by atoms with Crippen LogP contribution in [0.3, 0.4) is 0 Å². The van der Waals surface area contributed by atoms with E-state index < -0.39 is 29.3 Å². The summed E-state index contributed by atoms with van der Waals surface area (Å²) < 4.78 is 6.76. The van der Waals surface area contributed by atoms with Gasteiger partial charge in [-0.1, -0.05) is 30.3 Å². The van der Waals surface area contributed by atoms with Gasteiger partial charge in [0.1, 0.15) is 23.6 Å². The van der Waals surface area contributed by atoms with E-state index >= 15 is 0 Å². The number of hydrogen-bond donors (Lipinski definition) is 1. The highest BCUT2D eigenvalue weighted by Crippen LogP contribution is 2.23. The molecule has 10 nitrogen and oxygen atoms in total. The molecule has 0 atom stereocenters. The summed E-state index contributed by atoms with van der Waals surface area (Å²) >= 11 is 0. The normalized spacial score (nSPS) is 13.0. The second kappa shape index (κ2) is 6.17. The Morgan fingerprint density at radius 3 is 2.54 bits per heavy atom. The summed E-state index contributed by atoms with van der Waals surface area (Å²) in [6.07, 6.45) is -0.547. The predicted molar refractivity (Wildman–Crippen MR) is 94.2 cm³/mol. The number of nitrogens with one attached hydrogen (secondary N) is 1. The number of carbonyl (C=O) groups excluding carboxylic acids is 2. The summed E-state index contributed by atoms with van der Waals surface area (Å²) in [6, 6.07) is 10.4. The van der Waals surface area contributed by atoms with E-state index in [1.165, 1.54) is 7.05 Å². The van der Waals surface area contributed by atoms with Gasteiger partial charge in [-0.3, -0.25) is 28.8 Å². The number of Topliss-reactive ketones (excluding diaryl/α,β-unsaturated/α-hetero) is 1. The Balaban J connectivity index is 2.02. The highest BCUT2D eigenvalue weighted by molar-refractivity contribution is 6.10. The van der Waals surface area contributed by atoms with Crippen LogP contribution < -0.4 is 15.9 Å². The van der Waals surface area contributed by atoms with E-state index in [2.05, 4.69) is 10.1 Å². The second-order valence-electron chi connectivity index (χ2n) is 6.01.